The van der Waals surface area contributed by atoms with Gasteiger partial charge in [-0.05, 0) is 109 Å². The molecule has 0 atom stereocenters. The minimum Gasteiger partial charge on any atom is -0.101 e. The van der Waals surface area contributed by atoms with Crippen molar-refractivity contribution in [3.05, 3.63) is 0 Å². The van der Waals surface area contributed by atoms with Crippen molar-refractivity contribution in [1.29, 1.82) is 0 Å². The van der Waals surface area contributed by atoms with E-state index >= 15 is 0 Å². The van der Waals surface area contributed by atoms with E-state index in [1.165, 1.54) is 262 Å². The highest BCUT2D eigenvalue weighted by molar-refractivity contribution is 6.79. The molecule has 0 N–H and O–H groups in total. The highest BCUT2D eigenvalue weighted by Crippen LogP contribution is 2.37. The molecule has 28 heteroatoms. The smallest absolute Gasteiger partial charge is 0.101 e. The van der Waals surface area contributed by atoms with Crippen LogP contribution in [0.3, 0.4) is 0 Å². The molecule has 0 saturated carbocycles. The molecule has 0 aliphatic carbocycles. The molecular formula is C48H56B28. The van der Waals surface area contributed by atoms with Crippen LogP contribution in [0.4, 0.5) is 0 Å². The van der Waals surface area contributed by atoms with Crippen LogP contribution in [0.1, 0.15) is 0 Å². The lowest BCUT2D eigenvalue weighted by molar-refractivity contribution is 1.79. The van der Waals surface area contributed by atoms with E-state index in [0.717, 1.165) is 0 Å². The molecule has 0 aliphatic rings. The van der Waals surface area contributed by atoms with Gasteiger partial charge in [-0.1, -0.05) is 131 Å². The Hall–Kier alpha value is -4.42. The van der Waals surface area contributed by atoms with Crippen molar-refractivity contribution in [2.24, 2.45) is 0 Å². The van der Waals surface area contributed by atoms with Gasteiger partial charge in [0.05, 0.1) is 0 Å². The molecule has 0 aliphatic heterocycles. The van der Waals surface area contributed by atoms with Crippen molar-refractivity contribution in [1.82, 2.24) is 0 Å². The van der Waals surface area contributed by atoms with Crippen LogP contribution in [0.2, 0.25) is 0 Å². The summed E-state index contributed by atoms with van der Waals surface area (Å²) in [5.74, 6) is 0. The lowest BCUT2D eigenvalue weighted by Gasteiger charge is -2.34. The van der Waals surface area contributed by atoms with Crippen molar-refractivity contribution in [2.45, 2.75) is 0 Å². The van der Waals surface area contributed by atoms with Crippen molar-refractivity contribution < 1.29 is 0 Å². The SMILES string of the molecule is Bc1c(-c2c(B)c(B)c3c(B)c(B)c(B)c(B)c3c2B)c(B)c(-c2c(B)c(B)c3c(B)c(B)c4c(B)c(B)c(B)c5c(B)c(B)c2c3c45)c(B)c1-c1c(B)c(B)c2c(B)c(B)c3c(B)c(B)c(B)c4c(B)c(B)c1c2c34. The summed E-state index contributed by atoms with van der Waals surface area (Å²) >= 11 is 0. The predicted molar refractivity (Wildman–Crippen MR) is 437 cm³/mol. The highest BCUT2D eigenvalue weighted by atomic mass is 14.3. The Morgan fingerprint density at radius 3 is 0.474 bits per heavy atom. The zero-order valence-electron chi connectivity index (χ0n) is 52.0. The standard InChI is InChI=1S/C48H56B28/c49-21-15(7-5-1-3-11(31(59)25(5)53)39(67)45(73)41(69)13(3)35(63)33(61)9(1)29(57)27(7)55)22(50)17(18-24(52)19-20(38(66)37(18)65)44(72)48(76)47(75)43(19)71)23(51)16(21)8-6-2-4-12(32(60)26(6)54)40(68)46(74)42(70)14(4)36(64)34(62)10(2)30(58)28(8)56/h49-76H2. The van der Waals surface area contributed by atoms with Gasteiger partial charge in [-0.25, -0.2) is 0 Å². The van der Waals surface area contributed by atoms with Crippen LogP contribution in [0.25, 0.3) is 109 Å². The van der Waals surface area contributed by atoms with Gasteiger partial charge in [0, 0.05) is 0 Å². The second kappa shape index (κ2) is 17.5. The molecule has 0 unspecified atom stereocenters. The molecule has 0 bridgehead atoms. The predicted octanol–water partition coefficient (Wildman–Crippen LogP) is -35.1. The molecule has 76 heavy (non-hydrogen) atoms. The molecule has 0 fully saturated rings. The lowest BCUT2D eigenvalue weighted by Crippen LogP contribution is -2.52. The van der Waals surface area contributed by atoms with Crippen molar-refractivity contribution in [2.75, 3.05) is 0 Å². The molecule has 0 amide bonds. The first-order valence-electron chi connectivity index (χ1n) is 28.5. The third kappa shape index (κ3) is 6.32. The topological polar surface area (TPSA) is 0 Å². The summed E-state index contributed by atoms with van der Waals surface area (Å²) in [6, 6.07) is 0. The van der Waals surface area contributed by atoms with Crippen LogP contribution in [0.15, 0.2) is 0 Å². The lowest BCUT2D eigenvalue weighted by atomic mass is 9.54. The van der Waals surface area contributed by atoms with E-state index < -0.39 is 0 Å². The number of rotatable bonds is 3. The first kappa shape index (κ1) is 53.6. The molecule has 0 aromatic heterocycles. The molecule has 11 aromatic rings. The van der Waals surface area contributed by atoms with Crippen LogP contribution >= 0.6 is 0 Å². The summed E-state index contributed by atoms with van der Waals surface area (Å²) in [5, 5.41) is 20.3. The van der Waals surface area contributed by atoms with Gasteiger partial charge in [0.25, 0.3) is 0 Å². The van der Waals surface area contributed by atoms with Gasteiger partial charge in [0.1, 0.15) is 220 Å². The summed E-state index contributed by atoms with van der Waals surface area (Å²) in [6.07, 6.45) is 0. The maximum atomic E-state index is 2.52. The van der Waals surface area contributed by atoms with E-state index in [1.54, 1.807) is 0 Å². The number of hydrogen-bond donors (Lipinski definition) is 0. The second-order valence-electron chi connectivity index (χ2n) is 25.0. The van der Waals surface area contributed by atoms with Gasteiger partial charge in [-0.3, -0.25) is 0 Å². The minimum absolute atomic E-state index is 1.39. The molecule has 0 saturated heterocycles. The third-order valence-electron chi connectivity index (χ3n) is 22.4. The van der Waals surface area contributed by atoms with Gasteiger partial charge in [-0.15, -0.1) is 21.9 Å². The summed E-state index contributed by atoms with van der Waals surface area (Å²) in [4.78, 5) is 0. The molecule has 0 nitrogen and oxygen atoms in total. The Kier molecular flexibility index (Phi) is 12.4. The van der Waals surface area contributed by atoms with Crippen molar-refractivity contribution >= 4 is 448 Å². The molecule has 11 rings (SSSR count). The van der Waals surface area contributed by atoms with Crippen molar-refractivity contribution in [3.63, 3.8) is 0 Å². The Labute approximate surface area is 478 Å². The zero-order valence-corrected chi connectivity index (χ0v) is 52.0. The van der Waals surface area contributed by atoms with E-state index in [4.69, 9.17) is 0 Å². The number of fused-ring (bicyclic) bond motifs is 1. The quantitative estimate of drug-likeness (QED) is 0.122. The van der Waals surface area contributed by atoms with Gasteiger partial charge in [0.15, 0.2) is 0 Å². The van der Waals surface area contributed by atoms with Gasteiger partial charge < -0.3 is 0 Å². The van der Waals surface area contributed by atoms with Crippen LogP contribution < -0.4 is 153 Å². The van der Waals surface area contributed by atoms with E-state index in [-0.39, 0.29) is 0 Å². The minimum atomic E-state index is 1.39. The molecular weight excluding hydrogens is 879 g/mol. The summed E-state index contributed by atoms with van der Waals surface area (Å²) in [7, 11) is 67.7. The normalized spacial score (nSPS) is 12.1. The average Bonchev–Trinajstić information content (AvgIpc) is 3.38. The van der Waals surface area contributed by atoms with E-state index in [2.05, 4.69) is 220 Å². The fourth-order valence-electron chi connectivity index (χ4n) is 16.8. The third-order valence-corrected chi connectivity index (χ3v) is 22.4. The Balaban J connectivity index is 1.47. The second-order valence-corrected chi connectivity index (χ2v) is 25.0. The largest absolute Gasteiger partial charge is 0.140 e. The van der Waals surface area contributed by atoms with Crippen LogP contribution in [0, 0.1) is 0 Å². The first-order chi connectivity index (χ1) is 35.5. The average molecular weight is 936 g/mol. The van der Waals surface area contributed by atoms with Gasteiger partial charge in [0.2, 0.25) is 0 Å². The fourth-order valence-corrected chi connectivity index (χ4v) is 16.8. The molecule has 332 valence electrons. The number of hydrogen-bond acceptors (Lipinski definition) is 0. The Morgan fingerprint density at radius 2 is 0.211 bits per heavy atom. The van der Waals surface area contributed by atoms with Crippen LogP contribution in [-0.2, 0) is 0 Å². The Bertz CT molecular complexity index is 4380. The monoisotopic (exact) mass is 941 g/mol. The van der Waals surface area contributed by atoms with Crippen LogP contribution in [-0.4, -0.2) is 220 Å². The fraction of sp³-hybridized carbons (Fsp3) is 0. The van der Waals surface area contributed by atoms with Crippen molar-refractivity contribution in [3.8, 4) is 33.4 Å². The summed E-state index contributed by atoms with van der Waals surface area (Å²) in [5.41, 5.74) is 48.0. The van der Waals surface area contributed by atoms with E-state index in [9.17, 15) is 0 Å². The van der Waals surface area contributed by atoms with E-state index in [1.807, 2.05) is 0 Å². The van der Waals surface area contributed by atoms with Gasteiger partial charge in [-0.2, -0.15) is 0 Å². The maximum absolute atomic E-state index is 2.52. The zero-order chi connectivity index (χ0) is 55.7. The molecule has 11 aromatic carbocycles. The molecule has 0 radical (unpaired) electrons. The summed E-state index contributed by atoms with van der Waals surface area (Å²) in [6.45, 7) is 0. The molecule has 0 heterocycles. The van der Waals surface area contributed by atoms with Gasteiger partial charge >= 0.3 is 0 Å². The Morgan fingerprint density at radius 1 is 0.0789 bits per heavy atom. The summed E-state index contributed by atoms with van der Waals surface area (Å²) < 4.78 is 0. The highest BCUT2D eigenvalue weighted by Gasteiger charge is 2.33. The molecule has 0 spiro atoms. The first-order valence-corrected chi connectivity index (χ1v) is 28.5. The number of benzene rings is 11. The van der Waals surface area contributed by atoms with E-state index in [0.29, 0.717) is 0 Å². The van der Waals surface area contributed by atoms with Crippen LogP contribution in [0.5, 0.6) is 0 Å². The maximum Gasteiger partial charge on any atom is 0.140 e.